The average Bonchev–Trinajstić information content (AvgIpc) is 3.11. The molecule has 3 heterocycles. The molecule has 136 valence electrons. The van der Waals surface area contributed by atoms with Gasteiger partial charge in [-0.15, -0.1) is 0 Å². The molecule has 7 nitrogen and oxygen atoms in total. The molecule has 0 bridgehead atoms. The van der Waals surface area contributed by atoms with Gasteiger partial charge in [0.15, 0.2) is 0 Å². The molecule has 1 unspecified atom stereocenters. The van der Waals surface area contributed by atoms with Crippen LogP contribution in [0.1, 0.15) is 13.3 Å². The van der Waals surface area contributed by atoms with Crippen LogP contribution in [-0.4, -0.2) is 42.1 Å². The zero-order valence-electron chi connectivity index (χ0n) is 14.1. The highest BCUT2D eigenvalue weighted by molar-refractivity contribution is 5.91. The normalized spacial score (nSPS) is 27.3. The van der Waals surface area contributed by atoms with Crippen molar-refractivity contribution in [1.82, 2.24) is 0 Å². The summed E-state index contributed by atoms with van der Waals surface area (Å²) in [5, 5.41) is 9.89. The van der Waals surface area contributed by atoms with Crippen LogP contribution in [0, 0.1) is 0 Å². The molecule has 0 aliphatic carbocycles. The Morgan fingerprint density at radius 1 is 1.23 bits per heavy atom. The number of esters is 1. The monoisotopic (exact) mass is 358 g/mol. The Morgan fingerprint density at radius 2 is 2.04 bits per heavy atom. The van der Waals surface area contributed by atoms with Gasteiger partial charge in [-0.1, -0.05) is 0 Å². The van der Waals surface area contributed by atoms with Gasteiger partial charge in [0.1, 0.15) is 30.1 Å². The Kier molecular flexibility index (Phi) is 4.05. The summed E-state index contributed by atoms with van der Waals surface area (Å²) in [4.78, 5) is 22.8. The minimum atomic E-state index is -0.479. The summed E-state index contributed by atoms with van der Waals surface area (Å²) in [7, 11) is 0. The summed E-state index contributed by atoms with van der Waals surface area (Å²) in [6.07, 6.45) is 1.61. The molecule has 0 saturated carbocycles. The molecule has 1 aromatic heterocycles. The van der Waals surface area contributed by atoms with Crippen molar-refractivity contribution in [3.05, 3.63) is 52.4 Å². The zero-order valence-corrected chi connectivity index (χ0v) is 14.1. The van der Waals surface area contributed by atoms with Crippen molar-refractivity contribution in [2.75, 3.05) is 13.2 Å². The second-order valence-corrected chi connectivity index (χ2v) is 6.68. The smallest absolute Gasteiger partial charge is 0.336 e. The van der Waals surface area contributed by atoms with Crippen LogP contribution < -0.4 is 10.4 Å². The van der Waals surface area contributed by atoms with Gasteiger partial charge in [0, 0.05) is 23.9 Å². The van der Waals surface area contributed by atoms with Crippen LogP contribution in [0.25, 0.3) is 11.0 Å². The molecular weight excluding hydrogens is 340 g/mol. The molecule has 1 saturated heterocycles. The summed E-state index contributed by atoms with van der Waals surface area (Å²) in [5.74, 6) is 0.103. The van der Waals surface area contributed by atoms with E-state index in [1.165, 1.54) is 6.07 Å². The maximum atomic E-state index is 11.5. The molecule has 26 heavy (non-hydrogen) atoms. The summed E-state index contributed by atoms with van der Waals surface area (Å²) in [6.45, 7) is 1.94. The molecule has 1 aromatic carbocycles. The van der Waals surface area contributed by atoms with Crippen molar-refractivity contribution in [2.45, 2.75) is 31.2 Å². The minimum absolute atomic E-state index is 0.133. The number of aliphatic hydroxyl groups is 1. The molecular formula is C19H18O7. The standard InChI is InChI=1S/C19H18O7/c1-19(8-14-6-12(9-20)18(22)24-14)16(26-19)10-23-13-4-2-11-3-5-17(21)25-15(11)7-13/h2-7,14,16,20H,8-10H2,1H3/t14?,16-,19-/m1/s1. The number of carbonyl (C=O) groups is 1. The number of cyclic esters (lactones) is 1. The van der Waals surface area contributed by atoms with Crippen LogP contribution in [-0.2, 0) is 14.3 Å². The maximum Gasteiger partial charge on any atom is 0.336 e. The predicted octanol–water partition coefficient (Wildman–Crippen LogP) is 1.56. The van der Waals surface area contributed by atoms with Crippen molar-refractivity contribution in [3.8, 4) is 5.75 Å². The number of hydrogen-bond acceptors (Lipinski definition) is 7. The van der Waals surface area contributed by atoms with Crippen molar-refractivity contribution in [2.24, 2.45) is 0 Å². The minimum Gasteiger partial charge on any atom is -0.491 e. The number of aliphatic hydroxyl groups excluding tert-OH is 1. The molecule has 2 aliphatic rings. The van der Waals surface area contributed by atoms with Gasteiger partial charge < -0.3 is 23.7 Å². The summed E-state index contributed by atoms with van der Waals surface area (Å²) < 4.78 is 21.8. The van der Waals surface area contributed by atoms with E-state index in [0.717, 1.165) is 5.39 Å². The number of fused-ring (bicyclic) bond motifs is 1. The van der Waals surface area contributed by atoms with Crippen molar-refractivity contribution in [1.29, 1.82) is 0 Å². The highest BCUT2D eigenvalue weighted by Gasteiger charge is 2.54. The molecule has 0 radical (unpaired) electrons. The van der Waals surface area contributed by atoms with E-state index in [2.05, 4.69) is 0 Å². The molecule has 0 amide bonds. The first kappa shape index (κ1) is 16.8. The largest absolute Gasteiger partial charge is 0.491 e. The van der Waals surface area contributed by atoms with Gasteiger partial charge in [-0.25, -0.2) is 9.59 Å². The summed E-state index contributed by atoms with van der Waals surface area (Å²) in [5.41, 5.74) is -0.108. The first-order valence-corrected chi connectivity index (χ1v) is 8.34. The van der Waals surface area contributed by atoms with Crippen molar-refractivity contribution < 1.29 is 28.5 Å². The predicted molar refractivity (Wildman–Crippen MR) is 90.9 cm³/mol. The zero-order chi connectivity index (χ0) is 18.3. The SMILES string of the molecule is C[C@]1(CC2C=C(CO)C(=O)O2)O[C@@H]1COc1ccc2ccc(=O)oc2c1. The Morgan fingerprint density at radius 3 is 2.81 bits per heavy atom. The molecule has 3 atom stereocenters. The summed E-state index contributed by atoms with van der Waals surface area (Å²) >= 11 is 0. The van der Waals surface area contributed by atoms with Crippen molar-refractivity contribution >= 4 is 16.9 Å². The number of ether oxygens (including phenoxy) is 3. The van der Waals surface area contributed by atoms with Gasteiger partial charge in [-0.2, -0.15) is 0 Å². The second kappa shape index (κ2) is 6.26. The Hall–Kier alpha value is -2.64. The number of hydrogen-bond donors (Lipinski definition) is 1. The van der Waals surface area contributed by atoms with E-state index in [1.54, 1.807) is 24.3 Å². The van der Waals surface area contributed by atoms with Gasteiger partial charge in [0.05, 0.1) is 17.8 Å². The fourth-order valence-corrected chi connectivity index (χ4v) is 3.14. The van der Waals surface area contributed by atoms with Crippen molar-refractivity contribution in [3.63, 3.8) is 0 Å². The third kappa shape index (κ3) is 3.23. The maximum absolute atomic E-state index is 11.5. The highest BCUT2D eigenvalue weighted by atomic mass is 16.6. The Bertz CT molecular complexity index is 944. The Balaban J connectivity index is 1.35. The van der Waals surface area contributed by atoms with Crippen LogP contribution in [0.5, 0.6) is 5.75 Å². The first-order chi connectivity index (χ1) is 12.5. The lowest BCUT2D eigenvalue weighted by atomic mass is 9.99. The molecule has 2 aromatic rings. The molecule has 7 heteroatoms. The van der Waals surface area contributed by atoms with Crippen LogP contribution in [0.4, 0.5) is 0 Å². The fourth-order valence-electron chi connectivity index (χ4n) is 3.14. The van der Waals surface area contributed by atoms with Gasteiger partial charge in [-0.3, -0.25) is 0 Å². The van der Waals surface area contributed by atoms with E-state index in [0.29, 0.717) is 24.4 Å². The van der Waals surface area contributed by atoms with E-state index in [4.69, 9.17) is 23.7 Å². The van der Waals surface area contributed by atoms with Gasteiger partial charge in [0.2, 0.25) is 0 Å². The van der Waals surface area contributed by atoms with E-state index in [1.807, 2.05) is 13.0 Å². The lowest BCUT2D eigenvalue weighted by Crippen LogP contribution is -2.22. The van der Waals surface area contributed by atoms with Gasteiger partial charge >= 0.3 is 11.6 Å². The number of carbonyl (C=O) groups excluding carboxylic acids is 1. The quantitative estimate of drug-likeness (QED) is 0.475. The molecule has 4 rings (SSSR count). The number of rotatable bonds is 6. The Labute approximate surface area is 148 Å². The van der Waals surface area contributed by atoms with E-state index >= 15 is 0 Å². The van der Waals surface area contributed by atoms with Gasteiger partial charge in [0.25, 0.3) is 0 Å². The summed E-state index contributed by atoms with van der Waals surface area (Å²) in [6, 6.07) is 8.37. The van der Waals surface area contributed by atoms with Gasteiger partial charge in [-0.05, 0) is 31.2 Å². The third-order valence-electron chi connectivity index (χ3n) is 4.72. The van der Waals surface area contributed by atoms with Crippen LogP contribution in [0.2, 0.25) is 0 Å². The van der Waals surface area contributed by atoms with Crippen LogP contribution in [0.3, 0.4) is 0 Å². The average molecular weight is 358 g/mol. The molecule has 0 spiro atoms. The van der Waals surface area contributed by atoms with Crippen LogP contribution in [0.15, 0.2) is 51.2 Å². The number of benzene rings is 1. The third-order valence-corrected chi connectivity index (χ3v) is 4.72. The first-order valence-electron chi connectivity index (χ1n) is 8.34. The molecule has 1 fully saturated rings. The fraction of sp³-hybridized carbons (Fsp3) is 0.368. The topological polar surface area (TPSA) is 98.5 Å². The van der Waals surface area contributed by atoms with Crippen LogP contribution >= 0.6 is 0 Å². The highest BCUT2D eigenvalue weighted by Crippen LogP contribution is 2.42. The molecule has 2 aliphatic heterocycles. The van der Waals surface area contributed by atoms with E-state index in [-0.39, 0.29) is 18.3 Å². The van der Waals surface area contributed by atoms with E-state index in [9.17, 15) is 9.59 Å². The van der Waals surface area contributed by atoms with E-state index < -0.39 is 23.3 Å². The lowest BCUT2D eigenvalue weighted by Gasteiger charge is -2.12. The number of epoxide rings is 1. The lowest BCUT2D eigenvalue weighted by molar-refractivity contribution is -0.140. The molecule has 1 N–H and O–H groups in total. The second-order valence-electron chi connectivity index (χ2n) is 6.68.